The Morgan fingerprint density at radius 1 is 1.09 bits per heavy atom. The van der Waals surface area contributed by atoms with E-state index in [1.54, 1.807) is 26.4 Å². The number of hydrogen-bond acceptors (Lipinski definition) is 5. The van der Waals surface area contributed by atoms with Gasteiger partial charge in [0.2, 0.25) is 5.91 Å². The molecule has 2 aliphatic rings. The summed E-state index contributed by atoms with van der Waals surface area (Å²) in [7, 11) is 3.19. The molecule has 0 saturated heterocycles. The third kappa shape index (κ3) is 5.03. The van der Waals surface area contributed by atoms with Crippen molar-refractivity contribution < 1.29 is 23.5 Å². The van der Waals surface area contributed by atoms with Gasteiger partial charge in [-0.2, -0.15) is 0 Å². The lowest BCUT2D eigenvalue weighted by Crippen LogP contribution is -2.40. The average Bonchev–Trinajstić information content (AvgIpc) is 3.52. The fraction of sp³-hybridized carbons (Fsp3) is 0.440. The van der Waals surface area contributed by atoms with Crippen LogP contribution < -0.4 is 9.47 Å². The van der Waals surface area contributed by atoms with Crippen LogP contribution in [0.5, 0.6) is 11.5 Å². The molecule has 0 bridgehead atoms. The molecule has 1 aliphatic heterocycles. The summed E-state index contributed by atoms with van der Waals surface area (Å²) in [6.45, 7) is 0.869. The molecule has 2 aromatic carbocycles. The Morgan fingerprint density at radius 3 is 2.50 bits per heavy atom. The molecule has 0 aromatic heterocycles. The number of carbonyl (C=O) groups is 1. The fourth-order valence-electron chi connectivity index (χ4n) is 4.43. The first-order valence-corrected chi connectivity index (χ1v) is 11.1. The van der Waals surface area contributed by atoms with Crippen LogP contribution in [0.25, 0.3) is 0 Å². The summed E-state index contributed by atoms with van der Waals surface area (Å²) in [4.78, 5) is 20.8. The van der Waals surface area contributed by atoms with Gasteiger partial charge in [-0.05, 0) is 48.7 Å². The van der Waals surface area contributed by atoms with Crippen LogP contribution in [0.1, 0.15) is 43.2 Å². The van der Waals surface area contributed by atoms with Crippen molar-refractivity contribution in [3.63, 3.8) is 0 Å². The quantitative estimate of drug-likeness (QED) is 0.604. The second-order valence-electron chi connectivity index (χ2n) is 8.37. The van der Waals surface area contributed by atoms with Gasteiger partial charge in [0, 0.05) is 24.4 Å². The predicted molar refractivity (Wildman–Crippen MR) is 119 cm³/mol. The van der Waals surface area contributed by atoms with Gasteiger partial charge in [-0.15, -0.1) is 0 Å². The lowest BCUT2D eigenvalue weighted by molar-refractivity contribution is -0.137. The molecule has 4 rings (SSSR count). The number of nitrogens with zero attached hydrogens (tertiary/aromatic N) is 2. The van der Waals surface area contributed by atoms with Crippen LogP contribution in [0.3, 0.4) is 0 Å². The van der Waals surface area contributed by atoms with E-state index in [0.717, 1.165) is 42.5 Å². The number of ether oxygens (including phenoxy) is 2. The topological polar surface area (TPSA) is 60.4 Å². The van der Waals surface area contributed by atoms with Gasteiger partial charge in [0.25, 0.3) is 0 Å². The van der Waals surface area contributed by atoms with Crippen molar-refractivity contribution in [3.05, 3.63) is 59.4 Å². The third-order valence-corrected chi connectivity index (χ3v) is 6.18. The van der Waals surface area contributed by atoms with Gasteiger partial charge >= 0.3 is 0 Å². The minimum absolute atomic E-state index is 0.0584. The minimum Gasteiger partial charge on any atom is -0.493 e. The van der Waals surface area contributed by atoms with E-state index in [4.69, 9.17) is 14.3 Å². The van der Waals surface area contributed by atoms with Gasteiger partial charge in [-0.3, -0.25) is 4.79 Å². The molecule has 1 atom stereocenters. The van der Waals surface area contributed by atoms with Crippen molar-refractivity contribution in [1.82, 2.24) is 4.90 Å². The molecule has 170 valence electrons. The number of rotatable bonds is 8. The van der Waals surface area contributed by atoms with Crippen LogP contribution in [0.2, 0.25) is 0 Å². The highest BCUT2D eigenvalue weighted by Gasteiger charge is 2.31. The van der Waals surface area contributed by atoms with Crippen molar-refractivity contribution in [2.45, 2.75) is 44.8 Å². The van der Waals surface area contributed by atoms with Crippen molar-refractivity contribution in [3.8, 4) is 11.5 Å². The van der Waals surface area contributed by atoms with Gasteiger partial charge in [-0.25, -0.2) is 4.39 Å². The summed E-state index contributed by atoms with van der Waals surface area (Å²) in [5.41, 5.74) is 2.61. The zero-order valence-corrected chi connectivity index (χ0v) is 18.6. The number of carbonyl (C=O) groups excluding carboxylic acids is 1. The zero-order chi connectivity index (χ0) is 22.5. The van der Waals surface area contributed by atoms with Crippen molar-refractivity contribution in [1.29, 1.82) is 0 Å². The molecular formula is C25H29FN2O4. The normalized spacial score (nSPS) is 18.2. The van der Waals surface area contributed by atoms with E-state index in [1.807, 2.05) is 23.1 Å². The number of hydrogen-bond donors (Lipinski definition) is 0. The minimum atomic E-state index is -0.283. The Labute approximate surface area is 187 Å². The number of benzene rings is 2. The number of methoxy groups -OCH3 is 2. The Hall–Kier alpha value is -3.09. The highest BCUT2D eigenvalue weighted by Crippen LogP contribution is 2.31. The predicted octanol–water partition coefficient (Wildman–Crippen LogP) is 4.55. The molecule has 1 aliphatic carbocycles. The largest absolute Gasteiger partial charge is 0.493 e. The molecule has 0 unspecified atom stereocenters. The molecule has 0 N–H and O–H groups in total. The summed E-state index contributed by atoms with van der Waals surface area (Å²) in [5.74, 6) is 1.21. The van der Waals surface area contributed by atoms with Gasteiger partial charge in [0.05, 0.1) is 26.5 Å². The first kappa shape index (κ1) is 22.1. The monoisotopic (exact) mass is 440 g/mol. The Kier molecular flexibility index (Phi) is 6.93. The van der Waals surface area contributed by atoms with E-state index >= 15 is 0 Å². The smallest absolute Gasteiger partial charge is 0.226 e. The highest BCUT2D eigenvalue weighted by molar-refractivity contribution is 6.01. The molecule has 0 spiro atoms. The van der Waals surface area contributed by atoms with Crippen LogP contribution in [-0.4, -0.2) is 43.4 Å². The van der Waals surface area contributed by atoms with Crippen LogP contribution in [0.15, 0.2) is 47.6 Å². The summed E-state index contributed by atoms with van der Waals surface area (Å²) >= 11 is 0. The Balaban J connectivity index is 1.45. The van der Waals surface area contributed by atoms with Gasteiger partial charge in [0.1, 0.15) is 5.82 Å². The first-order chi connectivity index (χ1) is 15.6. The van der Waals surface area contributed by atoms with Crippen LogP contribution in [0, 0.1) is 11.7 Å². The molecular weight excluding hydrogens is 411 g/mol. The standard InChI is InChI=1S/C25H29FN2O4/c1-30-23-12-9-19(13-24(23)31-2)22-14-21(32-27-22)16-28(25(29)18-5-3-4-6-18)15-17-7-10-20(26)11-8-17/h7-13,18,21H,3-6,14-16H2,1-2H3/t21-/m0/s1. The Morgan fingerprint density at radius 2 is 1.81 bits per heavy atom. The zero-order valence-electron chi connectivity index (χ0n) is 18.6. The molecule has 1 saturated carbocycles. The summed E-state index contributed by atoms with van der Waals surface area (Å²) < 4.78 is 24.0. The lowest BCUT2D eigenvalue weighted by atomic mass is 10.0. The van der Waals surface area contributed by atoms with E-state index in [1.165, 1.54) is 12.1 Å². The van der Waals surface area contributed by atoms with Crippen LogP contribution >= 0.6 is 0 Å². The maximum atomic E-state index is 13.3. The third-order valence-electron chi connectivity index (χ3n) is 6.18. The van der Waals surface area contributed by atoms with Crippen molar-refractivity contribution in [2.24, 2.45) is 11.1 Å². The summed E-state index contributed by atoms with van der Waals surface area (Å²) in [6, 6.07) is 12.0. The molecule has 0 radical (unpaired) electrons. The lowest BCUT2D eigenvalue weighted by Gasteiger charge is -2.27. The molecule has 6 nitrogen and oxygen atoms in total. The summed E-state index contributed by atoms with van der Waals surface area (Å²) in [5, 5.41) is 4.28. The maximum absolute atomic E-state index is 13.3. The fourth-order valence-corrected chi connectivity index (χ4v) is 4.43. The van der Waals surface area contributed by atoms with Crippen molar-refractivity contribution in [2.75, 3.05) is 20.8 Å². The molecule has 1 fully saturated rings. The van der Waals surface area contributed by atoms with Gasteiger partial charge < -0.3 is 19.2 Å². The van der Waals surface area contributed by atoms with Crippen LogP contribution in [-0.2, 0) is 16.2 Å². The van der Waals surface area contributed by atoms with E-state index in [2.05, 4.69) is 5.16 Å². The van der Waals surface area contributed by atoms with E-state index in [-0.39, 0.29) is 23.7 Å². The van der Waals surface area contributed by atoms with E-state index in [0.29, 0.717) is 31.0 Å². The second kappa shape index (κ2) is 10.0. The highest BCUT2D eigenvalue weighted by atomic mass is 19.1. The molecule has 32 heavy (non-hydrogen) atoms. The van der Waals surface area contributed by atoms with Crippen molar-refractivity contribution >= 4 is 11.6 Å². The SMILES string of the molecule is COc1ccc(C2=NO[C@H](CN(Cc3ccc(F)cc3)C(=O)C3CCCC3)C2)cc1OC. The number of halogens is 1. The van der Waals surface area contributed by atoms with Gasteiger partial charge in [0.15, 0.2) is 17.6 Å². The number of oxime groups is 1. The van der Waals surface area contributed by atoms with Crippen LogP contribution in [0.4, 0.5) is 4.39 Å². The second-order valence-corrected chi connectivity index (χ2v) is 8.37. The molecule has 2 aromatic rings. The molecule has 1 heterocycles. The average molecular weight is 441 g/mol. The maximum Gasteiger partial charge on any atom is 0.226 e. The van der Waals surface area contributed by atoms with Gasteiger partial charge in [-0.1, -0.05) is 30.1 Å². The number of amides is 1. The van der Waals surface area contributed by atoms with E-state index in [9.17, 15) is 9.18 Å². The van der Waals surface area contributed by atoms with E-state index < -0.39 is 0 Å². The Bertz CT molecular complexity index is 970. The first-order valence-electron chi connectivity index (χ1n) is 11.1. The summed E-state index contributed by atoms with van der Waals surface area (Å²) in [6.07, 6.45) is 4.40. The molecule has 1 amide bonds. The molecule has 7 heteroatoms.